The van der Waals surface area contributed by atoms with Crippen LogP contribution in [0.1, 0.15) is 265 Å². The first-order valence-electron chi connectivity index (χ1n) is 28.0. The SMILES string of the molecule is CCCCCCCCCCCCCCCC(=O)OCC(COC(=O)CCCCCCCC1OC1CC1OC1CC1OC1CC)OC(=O)CCCCCCCC1OC1CCCCCCCC. The van der Waals surface area contributed by atoms with E-state index >= 15 is 0 Å². The Morgan fingerprint density at radius 3 is 1.05 bits per heavy atom. The summed E-state index contributed by atoms with van der Waals surface area (Å²) in [5, 5.41) is 0. The maximum atomic E-state index is 12.9. The van der Waals surface area contributed by atoms with Crippen molar-refractivity contribution < 1.29 is 47.5 Å². The second kappa shape index (κ2) is 35.4. The molecule has 10 heteroatoms. The Bertz CT molecular complexity index is 1230. The zero-order valence-corrected chi connectivity index (χ0v) is 42.1. The van der Waals surface area contributed by atoms with Gasteiger partial charge < -0.3 is 33.2 Å². The summed E-state index contributed by atoms with van der Waals surface area (Å²) in [7, 11) is 0. The number of carbonyl (C=O) groups is 3. The molecule has 378 valence electrons. The highest BCUT2D eigenvalue weighted by atomic mass is 16.6. The van der Waals surface area contributed by atoms with Gasteiger partial charge in [-0.2, -0.15) is 0 Å². The van der Waals surface area contributed by atoms with Crippen molar-refractivity contribution >= 4 is 17.9 Å². The zero-order chi connectivity index (χ0) is 46.2. The average Bonchev–Trinajstić information content (AvgIpc) is 4.13. The molecule has 9 atom stereocenters. The fourth-order valence-corrected chi connectivity index (χ4v) is 9.71. The predicted octanol–water partition coefficient (Wildman–Crippen LogP) is 13.9. The van der Waals surface area contributed by atoms with Crippen molar-refractivity contribution in [3.8, 4) is 0 Å². The summed E-state index contributed by atoms with van der Waals surface area (Å²) in [6.07, 6.45) is 44.5. The number of rotatable bonds is 47. The van der Waals surface area contributed by atoms with E-state index in [-0.39, 0.29) is 31.1 Å². The Labute approximate surface area is 397 Å². The lowest BCUT2D eigenvalue weighted by atomic mass is 10.0. The third kappa shape index (κ3) is 28.4. The van der Waals surface area contributed by atoms with Crippen LogP contribution in [0.5, 0.6) is 0 Å². The van der Waals surface area contributed by atoms with Gasteiger partial charge in [0.1, 0.15) is 13.2 Å². The molecule has 9 unspecified atom stereocenters. The zero-order valence-electron chi connectivity index (χ0n) is 42.1. The van der Waals surface area contributed by atoms with Gasteiger partial charge in [0.15, 0.2) is 6.10 Å². The molecule has 0 radical (unpaired) electrons. The van der Waals surface area contributed by atoms with Crippen molar-refractivity contribution in [1.82, 2.24) is 0 Å². The minimum absolute atomic E-state index is 0.0893. The fourth-order valence-electron chi connectivity index (χ4n) is 9.71. The van der Waals surface area contributed by atoms with Crippen LogP contribution >= 0.6 is 0 Å². The first kappa shape index (κ1) is 55.8. The molecule has 65 heavy (non-hydrogen) atoms. The van der Waals surface area contributed by atoms with Gasteiger partial charge >= 0.3 is 17.9 Å². The lowest BCUT2D eigenvalue weighted by Crippen LogP contribution is -2.30. The molecule has 4 aliphatic rings. The molecule has 10 nitrogen and oxygen atoms in total. The average molecular weight is 919 g/mol. The highest BCUT2D eigenvalue weighted by molar-refractivity contribution is 5.71. The standard InChI is InChI=1S/C55H98O10/c1-4-7-9-11-13-14-15-16-17-18-19-25-31-37-53(56)59-42-44(61-55(58)39-33-27-21-23-29-35-47-46(63-47)34-28-22-12-10-8-5-2)43-60-54(57)38-32-26-20-24-30-36-48-50(64-48)41-52-51(65-52)40-49-45(6-3)62-49/h44-52H,4-43H2,1-3H3. The molecule has 0 N–H and O–H groups in total. The van der Waals surface area contributed by atoms with Gasteiger partial charge in [-0.25, -0.2) is 0 Å². The molecule has 0 saturated carbocycles. The van der Waals surface area contributed by atoms with Crippen molar-refractivity contribution in [3.63, 3.8) is 0 Å². The minimum Gasteiger partial charge on any atom is -0.462 e. The molecular weight excluding hydrogens is 821 g/mol. The summed E-state index contributed by atoms with van der Waals surface area (Å²) in [6, 6.07) is 0. The molecule has 0 bridgehead atoms. The van der Waals surface area contributed by atoms with E-state index in [9.17, 15) is 14.4 Å². The van der Waals surface area contributed by atoms with Crippen LogP contribution in [0, 0.1) is 0 Å². The Morgan fingerprint density at radius 2 is 0.646 bits per heavy atom. The van der Waals surface area contributed by atoms with E-state index < -0.39 is 6.10 Å². The van der Waals surface area contributed by atoms with Crippen LogP contribution in [0.4, 0.5) is 0 Å². The molecule has 0 aliphatic carbocycles. The second-order valence-electron chi connectivity index (χ2n) is 20.4. The predicted molar refractivity (Wildman–Crippen MR) is 259 cm³/mol. The number of esters is 3. The van der Waals surface area contributed by atoms with Crippen molar-refractivity contribution in [2.45, 2.75) is 320 Å². The Kier molecular flexibility index (Phi) is 30.4. The summed E-state index contributed by atoms with van der Waals surface area (Å²) >= 11 is 0. The van der Waals surface area contributed by atoms with Crippen LogP contribution in [-0.2, 0) is 47.5 Å². The third-order valence-electron chi connectivity index (χ3n) is 14.3. The van der Waals surface area contributed by atoms with E-state index in [1.807, 2.05) is 0 Å². The smallest absolute Gasteiger partial charge is 0.306 e. The van der Waals surface area contributed by atoms with Gasteiger partial charge in [-0.05, 0) is 44.9 Å². The van der Waals surface area contributed by atoms with E-state index in [0.717, 1.165) is 109 Å². The number of unbranched alkanes of at least 4 members (excludes halogenated alkanes) is 25. The van der Waals surface area contributed by atoms with Crippen LogP contribution < -0.4 is 0 Å². The van der Waals surface area contributed by atoms with Crippen molar-refractivity contribution in [2.24, 2.45) is 0 Å². The van der Waals surface area contributed by atoms with E-state index in [0.29, 0.717) is 68.1 Å². The molecule has 0 spiro atoms. The van der Waals surface area contributed by atoms with Gasteiger partial charge in [-0.3, -0.25) is 14.4 Å². The Balaban J connectivity index is 1.00. The van der Waals surface area contributed by atoms with Crippen LogP contribution in [0.2, 0.25) is 0 Å². The highest BCUT2D eigenvalue weighted by Crippen LogP contribution is 2.42. The third-order valence-corrected chi connectivity index (χ3v) is 14.3. The van der Waals surface area contributed by atoms with E-state index in [1.165, 1.54) is 116 Å². The van der Waals surface area contributed by atoms with E-state index in [4.69, 9.17) is 33.2 Å². The number of hydrogen-bond acceptors (Lipinski definition) is 10. The fraction of sp³-hybridized carbons (Fsp3) is 0.945. The maximum Gasteiger partial charge on any atom is 0.306 e. The van der Waals surface area contributed by atoms with Gasteiger partial charge in [0.25, 0.3) is 0 Å². The molecular formula is C55H98O10. The maximum absolute atomic E-state index is 12.9. The van der Waals surface area contributed by atoms with Gasteiger partial charge in [0.2, 0.25) is 0 Å². The van der Waals surface area contributed by atoms with E-state index in [1.54, 1.807) is 0 Å². The number of hydrogen-bond donors (Lipinski definition) is 0. The van der Waals surface area contributed by atoms with Gasteiger partial charge in [-0.1, -0.05) is 188 Å². The van der Waals surface area contributed by atoms with Crippen LogP contribution in [0.3, 0.4) is 0 Å². The summed E-state index contributed by atoms with van der Waals surface area (Å²) < 4.78 is 40.2. The largest absolute Gasteiger partial charge is 0.462 e. The lowest BCUT2D eigenvalue weighted by molar-refractivity contribution is -0.167. The highest BCUT2D eigenvalue weighted by Gasteiger charge is 2.51. The van der Waals surface area contributed by atoms with Crippen molar-refractivity contribution in [1.29, 1.82) is 0 Å². The molecule has 4 rings (SSSR count). The molecule has 0 aromatic rings. The van der Waals surface area contributed by atoms with Crippen LogP contribution in [0.25, 0.3) is 0 Å². The first-order valence-corrected chi connectivity index (χ1v) is 28.0. The molecule has 4 aliphatic heterocycles. The van der Waals surface area contributed by atoms with Gasteiger partial charge in [0, 0.05) is 32.1 Å². The Morgan fingerprint density at radius 1 is 0.354 bits per heavy atom. The summed E-state index contributed by atoms with van der Waals surface area (Å²) in [5.74, 6) is -0.920. The van der Waals surface area contributed by atoms with Crippen LogP contribution in [0.15, 0.2) is 0 Å². The summed E-state index contributed by atoms with van der Waals surface area (Å²) in [6.45, 7) is 6.52. The molecule has 4 heterocycles. The molecule has 0 amide bonds. The van der Waals surface area contributed by atoms with Crippen molar-refractivity contribution in [3.05, 3.63) is 0 Å². The summed E-state index contributed by atoms with van der Waals surface area (Å²) in [4.78, 5) is 38.2. The van der Waals surface area contributed by atoms with E-state index in [2.05, 4.69) is 20.8 Å². The lowest BCUT2D eigenvalue weighted by Gasteiger charge is -2.18. The van der Waals surface area contributed by atoms with Gasteiger partial charge in [-0.15, -0.1) is 0 Å². The minimum atomic E-state index is -0.795. The van der Waals surface area contributed by atoms with Gasteiger partial charge in [0.05, 0.1) is 48.8 Å². The van der Waals surface area contributed by atoms with Crippen LogP contribution in [-0.4, -0.2) is 86.1 Å². The second-order valence-corrected chi connectivity index (χ2v) is 20.4. The number of ether oxygens (including phenoxy) is 7. The van der Waals surface area contributed by atoms with Crippen molar-refractivity contribution in [2.75, 3.05) is 13.2 Å². The molecule has 4 saturated heterocycles. The Hall–Kier alpha value is -1.75. The molecule has 4 fully saturated rings. The summed E-state index contributed by atoms with van der Waals surface area (Å²) in [5.41, 5.74) is 0. The number of epoxide rings is 4. The normalized spacial score (nSPS) is 24.4. The first-order chi connectivity index (χ1) is 31.9. The molecule has 0 aromatic carbocycles. The quantitative estimate of drug-likeness (QED) is 0.0252. The number of carbonyl (C=O) groups excluding carboxylic acids is 3. The monoisotopic (exact) mass is 919 g/mol. The topological polar surface area (TPSA) is 129 Å². The molecule has 0 aromatic heterocycles.